The molecule has 20 heavy (non-hydrogen) atoms. The molecule has 0 aliphatic carbocycles. The van der Waals surface area contributed by atoms with Crippen LogP contribution in [0.15, 0.2) is 29.2 Å². The average Bonchev–Trinajstić information content (AvgIpc) is 2.36. The number of primary sulfonamides is 1. The fourth-order valence-corrected chi connectivity index (χ4v) is 3.10. The Morgan fingerprint density at radius 2 is 1.95 bits per heavy atom. The molecule has 1 aromatic carbocycles. The Kier molecular flexibility index (Phi) is 6.15. The summed E-state index contributed by atoms with van der Waals surface area (Å²) in [6.07, 6.45) is -2.40. The monoisotopic (exact) mass is 319 g/mol. The van der Waals surface area contributed by atoms with Crippen LogP contribution in [0, 0.1) is 0 Å². The Labute approximate surface area is 122 Å². The van der Waals surface area contributed by atoms with Gasteiger partial charge < -0.3 is 10.2 Å². The van der Waals surface area contributed by atoms with Crippen molar-refractivity contribution in [3.63, 3.8) is 0 Å². The van der Waals surface area contributed by atoms with Gasteiger partial charge in [-0.2, -0.15) is 0 Å². The standard InChI is InChI=1S/C12H17NO5S2/c1-8(14)19-7-6-10(15)12(16)9-4-2-3-5-11(9)20(13,17)18/h2-5,10,12,15-16H,6-7H2,1H3,(H2,13,17,18). The quantitative estimate of drug-likeness (QED) is 0.698. The van der Waals surface area contributed by atoms with Gasteiger partial charge in [-0.1, -0.05) is 30.0 Å². The highest BCUT2D eigenvalue weighted by atomic mass is 32.2. The van der Waals surface area contributed by atoms with Crippen LogP contribution < -0.4 is 5.14 Å². The van der Waals surface area contributed by atoms with Crippen molar-refractivity contribution < 1.29 is 23.4 Å². The molecule has 0 aromatic heterocycles. The number of rotatable bonds is 6. The summed E-state index contributed by atoms with van der Waals surface area (Å²) in [6.45, 7) is 1.41. The Hall–Kier alpha value is -0.930. The predicted octanol–water partition coefficient (Wildman–Crippen LogP) is 0.398. The summed E-state index contributed by atoms with van der Waals surface area (Å²) in [5, 5.41) is 24.9. The molecule has 0 heterocycles. The van der Waals surface area contributed by atoms with Gasteiger partial charge in [-0.3, -0.25) is 4.79 Å². The number of hydrogen-bond donors (Lipinski definition) is 3. The van der Waals surface area contributed by atoms with Gasteiger partial charge in [-0.15, -0.1) is 0 Å². The van der Waals surface area contributed by atoms with E-state index < -0.39 is 22.2 Å². The number of aliphatic hydroxyl groups is 2. The summed E-state index contributed by atoms with van der Waals surface area (Å²) in [4.78, 5) is 10.6. The number of sulfonamides is 1. The third-order valence-electron chi connectivity index (χ3n) is 2.63. The van der Waals surface area contributed by atoms with Gasteiger partial charge in [0.2, 0.25) is 10.0 Å². The first-order valence-corrected chi connectivity index (χ1v) is 8.38. The summed E-state index contributed by atoms with van der Waals surface area (Å²) >= 11 is 1.03. The van der Waals surface area contributed by atoms with Crippen LogP contribution in [-0.2, 0) is 14.8 Å². The molecule has 8 heteroatoms. The lowest BCUT2D eigenvalue weighted by Crippen LogP contribution is -2.23. The lowest BCUT2D eigenvalue weighted by Gasteiger charge is -2.19. The summed E-state index contributed by atoms with van der Waals surface area (Å²) < 4.78 is 22.8. The molecule has 0 bridgehead atoms. The first-order valence-electron chi connectivity index (χ1n) is 5.84. The minimum atomic E-state index is -3.98. The maximum Gasteiger partial charge on any atom is 0.238 e. The summed E-state index contributed by atoms with van der Waals surface area (Å²) in [5.41, 5.74) is 0.0512. The van der Waals surface area contributed by atoms with E-state index in [1.165, 1.54) is 25.1 Å². The molecule has 4 N–H and O–H groups in total. The second kappa shape index (κ2) is 7.19. The summed E-state index contributed by atoms with van der Waals surface area (Å²) in [5.74, 6) is 0.338. The topological polar surface area (TPSA) is 118 Å². The minimum absolute atomic E-state index is 0.0512. The Balaban J connectivity index is 2.87. The Bertz CT molecular complexity index is 573. The fourth-order valence-electron chi connectivity index (χ4n) is 1.67. The summed E-state index contributed by atoms with van der Waals surface area (Å²) in [7, 11) is -3.98. The molecule has 2 unspecified atom stereocenters. The van der Waals surface area contributed by atoms with Crippen LogP contribution in [0.25, 0.3) is 0 Å². The lowest BCUT2D eigenvalue weighted by molar-refractivity contribution is -0.109. The van der Waals surface area contributed by atoms with E-state index >= 15 is 0 Å². The van der Waals surface area contributed by atoms with Gasteiger partial charge in [0.15, 0.2) is 5.12 Å². The number of thioether (sulfide) groups is 1. The zero-order valence-electron chi connectivity index (χ0n) is 10.9. The van der Waals surface area contributed by atoms with Crippen molar-refractivity contribution in [3.8, 4) is 0 Å². The molecule has 0 spiro atoms. The smallest absolute Gasteiger partial charge is 0.238 e. The average molecular weight is 319 g/mol. The molecule has 1 aromatic rings. The molecule has 0 aliphatic rings. The highest BCUT2D eigenvalue weighted by Crippen LogP contribution is 2.26. The van der Waals surface area contributed by atoms with Crippen molar-refractivity contribution in [3.05, 3.63) is 29.8 Å². The molecule has 0 saturated heterocycles. The predicted molar refractivity (Wildman–Crippen MR) is 76.5 cm³/mol. The first kappa shape index (κ1) is 17.1. The van der Waals surface area contributed by atoms with E-state index in [-0.39, 0.29) is 22.0 Å². The van der Waals surface area contributed by atoms with Crippen LogP contribution >= 0.6 is 11.8 Å². The van der Waals surface area contributed by atoms with E-state index in [2.05, 4.69) is 0 Å². The van der Waals surface area contributed by atoms with Crippen molar-refractivity contribution in [2.45, 2.75) is 30.4 Å². The Morgan fingerprint density at radius 1 is 1.35 bits per heavy atom. The van der Waals surface area contributed by atoms with Crippen LogP contribution in [-0.4, -0.2) is 35.6 Å². The van der Waals surface area contributed by atoms with E-state index in [4.69, 9.17) is 5.14 Å². The largest absolute Gasteiger partial charge is 0.390 e. The third kappa shape index (κ3) is 4.88. The van der Waals surface area contributed by atoms with Crippen LogP contribution in [0.5, 0.6) is 0 Å². The van der Waals surface area contributed by atoms with E-state index in [1.54, 1.807) is 6.07 Å². The highest BCUT2D eigenvalue weighted by Gasteiger charge is 2.24. The van der Waals surface area contributed by atoms with Crippen molar-refractivity contribution in [1.29, 1.82) is 0 Å². The molecule has 0 fully saturated rings. The van der Waals surface area contributed by atoms with Gasteiger partial charge >= 0.3 is 0 Å². The second-order valence-corrected chi connectivity index (χ2v) is 7.03. The highest BCUT2D eigenvalue weighted by molar-refractivity contribution is 8.13. The van der Waals surface area contributed by atoms with E-state index in [0.29, 0.717) is 5.75 Å². The van der Waals surface area contributed by atoms with Gasteiger partial charge in [0, 0.05) is 18.2 Å². The fraction of sp³-hybridized carbons (Fsp3) is 0.417. The van der Waals surface area contributed by atoms with Gasteiger partial charge in [-0.05, 0) is 12.5 Å². The zero-order valence-corrected chi connectivity index (χ0v) is 12.5. The molecule has 112 valence electrons. The molecule has 2 atom stereocenters. The lowest BCUT2D eigenvalue weighted by atomic mass is 10.0. The third-order valence-corrected chi connectivity index (χ3v) is 4.46. The first-order chi connectivity index (χ1) is 9.23. The SMILES string of the molecule is CC(=O)SCCC(O)C(O)c1ccccc1S(N)(=O)=O. The number of benzene rings is 1. The zero-order chi connectivity index (χ0) is 15.3. The maximum absolute atomic E-state index is 11.4. The van der Waals surface area contributed by atoms with Crippen molar-refractivity contribution in [2.24, 2.45) is 5.14 Å². The minimum Gasteiger partial charge on any atom is -0.390 e. The molecule has 6 nitrogen and oxygen atoms in total. The van der Waals surface area contributed by atoms with Gasteiger partial charge in [0.25, 0.3) is 0 Å². The second-order valence-electron chi connectivity index (χ2n) is 4.22. The number of aliphatic hydroxyl groups excluding tert-OH is 2. The Morgan fingerprint density at radius 3 is 2.50 bits per heavy atom. The van der Waals surface area contributed by atoms with Crippen molar-refractivity contribution >= 4 is 26.9 Å². The van der Waals surface area contributed by atoms with Crippen LogP contribution in [0.2, 0.25) is 0 Å². The van der Waals surface area contributed by atoms with Crippen LogP contribution in [0.1, 0.15) is 25.0 Å². The number of carbonyl (C=O) groups is 1. The number of hydrogen-bond acceptors (Lipinski definition) is 6. The molecule has 0 radical (unpaired) electrons. The van der Waals surface area contributed by atoms with Gasteiger partial charge in [-0.25, -0.2) is 13.6 Å². The number of nitrogens with two attached hydrogens (primary N) is 1. The summed E-state index contributed by atoms with van der Waals surface area (Å²) in [6, 6.07) is 5.69. The van der Waals surface area contributed by atoms with Crippen molar-refractivity contribution in [1.82, 2.24) is 0 Å². The molecule has 1 rings (SSSR count). The number of carbonyl (C=O) groups excluding carboxylic acids is 1. The molecular weight excluding hydrogens is 302 g/mol. The molecule has 0 saturated carbocycles. The van der Waals surface area contributed by atoms with E-state index in [1.807, 2.05) is 0 Å². The van der Waals surface area contributed by atoms with E-state index in [0.717, 1.165) is 11.8 Å². The van der Waals surface area contributed by atoms with E-state index in [9.17, 15) is 23.4 Å². The normalized spacial score (nSPS) is 14.8. The van der Waals surface area contributed by atoms with Crippen LogP contribution in [0.4, 0.5) is 0 Å². The molecular formula is C12H17NO5S2. The van der Waals surface area contributed by atoms with Crippen LogP contribution in [0.3, 0.4) is 0 Å². The van der Waals surface area contributed by atoms with Crippen molar-refractivity contribution in [2.75, 3.05) is 5.75 Å². The van der Waals surface area contributed by atoms with Gasteiger partial charge in [0.1, 0.15) is 6.10 Å². The molecule has 0 amide bonds. The molecule has 0 aliphatic heterocycles. The maximum atomic E-state index is 11.4. The van der Waals surface area contributed by atoms with Gasteiger partial charge in [0.05, 0.1) is 11.0 Å².